The molecule has 0 saturated heterocycles. The number of phenols is 2. The fourth-order valence-electron chi connectivity index (χ4n) is 1.37. The fraction of sp³-hybridized carbons (Fsp3) is 0. The summed E-state index contributed by atoms with van der Waals surface area (Å²) in [5.74, 6) is -0.0403. The number of aromatic hydroxyl groups is 2. The quantitative estimate of drug-likeness (QED) is 0.724. The van der Waals surface area contributed by atoms with Crippen molar-refractivity contribution >= 4 is 34.0 Å². The van der Waals surface area contributed by atoms with E-state index in [9.17, 15) is 10.2 Å². The molecule has 0 aliphatic rings. The highest BCUT2D eigenvalue weighted by molar-refractivity contribution is 6.40. The van der Waals surface area contributed by atoms with Crippen LogP contribution >= 0.6 is 23.2 Å². The largest absolute Gasteiger partial charge is 0.507 e. The van der Waals surface area contributed by atoms with E-state index in [4.69, 9.17) is 23.2 Å². The zero-order chi connectivity index (χ0) is 10.3. The van der Waals surface area contributed by atoms with E-state index in [1.807, 2.05) is 0 Å². The van der Waals surface area contributed by atoms with Crippen LogP contribution in [-0.4, -0.2) is 10.2 Å². The molecule has 0 fully saturated rings. The summed E-state index contributed by atoms with van der Waals surface area (Å²) in [6, 6.07) is 6.16. The molecule has 2 N–H and O–H groups in total. The zero-order valence-electron chi connectivity index (χ0n) is 6.96. The predicted octanol–water partition coefficient (Wildman–Crippen LogP) is 3.56. The summed E-state index contributed by atoms with van der Waals surface area (Å²) in [6.45, 7) is 0. The number of fused-ring (bicyclic) bond motifs is 1. The molecule has 72 valence electrons. The topological polar surface area (TPSA) is 40.5 Å². The molecular weight excluding hydrogens is 223 g/mol. The van der Waals surface area contributed by atoms with E-state index in [-0.39, 0.29) is 16.5 Å². The van der Waals surface area contributed by atoms with E-state index >= 15 is 0 Å². The van der Waals surface area contributed by atoms with E-state index in [1.165, 1.54) is 12.1 Å². The van der Waals surface area contributed by atoms with Crippen molar-refractivity contribution < 1.29 is 10.2 Å². The van der Waals surface area contributed by atoms with E-state index in [2.05, 4.69) is 0 Å². The number of hydrogen-bond donors (Lipinski definition) is 2. The van der Waals surface area contributed by atoms with E-state index < -0.39 is 0 Å². The summed E-state index contributed by atoms with van der Waals surface area (Å²) in [4.78, 5) is 0. The molecule has 0 aliphatic heterocycles. The van der Waals surface area contributed by atoms with Crippen LogP contribution < -0.4 is 0 Å². The van der Waals surface area contributed by atoms with Crippen molar-refractivity contribution in [2.75, 3.05) is 0 Å². The van der Waals surface area contributed by atoms with Gasteiger partial charge in [0.2, 0.25) is 0 Å². The molecule has 2 nitrogen and oxygen atoms in total. The van der Waals surface area contributed by atoms with E-state index in [1.54, 1.807) is 12.1 Å². The van der Waals surface area contributed by atoms with Gasteiger partial charge in [-0.3, -0.25) is 0 Å². The number of rotatable bonds is 0. The Morgan fingerprint density at radius 2 is 1.71 bits per heavy atom. The van der Waals surface area contributed by atoms with Crippen LogP contribution in [0.3, 0.4) is 0 Å². The lowest BCUT2D eigenvalue weighted by Gasteiger charge is -2.06. The lowest BCUT2D eigenvalue weighted by molar-refractivity contribution is 0.476. The van der Waals surface area contributed by atoms with Crippen LogP contribution in [0.4, 0.5) is 0 Å². The van der Waals surface area contributed by atoms with Crippen LogP contribution in [-0.2, 0) is 0 Å². The summed E-state index contributed by atoms with van der Waals surface area (Å²) in [7, 11) is 0. The molecule has 4 heteroatoms. The summed E-state index contributed by atoms with van der Waals surface area (Å²) in [5.41, 5.74) is 0. The Morgan fingerprint density at radius 3 is 2.43 bits per heavy atom. The third-order valence-corrected chi connectivity index (χ3v) is 2.60. The Labute approximate surface area is 90.3 Å². The molecule has 0 radical (unpaired) electrons. The van der Waals surface area contributed by atoms with Gasteiger partial charge in [-0.2, -0.15) is 0 Å². The molecule has 0 saturated carbocycles. The van der Waals surface area contributed by atoms with Crippen molar-refractivity contribution in [2.24, 2.45) is 0 Å². The molecular formula is C10H6Cl2O2. The van der Waals surface area contributed by atoms with Crippen molar-refractivity contribution in [3.63, 3.8) is 0 Å². The van der Waals surface area contributed by atoms with Gasteiger partial charge in [-0.05, 0) is 12.1 Å². The molecule has 2 rings (SSSR count). The second-order valence-corrected chi connectivity index (χ2v) is 3.70. The first kappa shape index (κ1) is 9.44. The molecule has 0 unspecified atom stereocenters. The first-order valence-electron chi connectivity index (χ1n) is 3.90. The summed E-state index contributed by atoms with van der Waals surface area (Å²) in [5, 5.41) is 20.5. The van der Waals surface area contributed by atoms with Crippen molar-refractivity contribution in [3.8, 4) is 11.5 Å². The molecule has 0 heterocycles. The molecule has 0 spiro atoms. The maximum absolute atomic E-state index is 9.61. The standard InChI is InChI=1S/C10H6Cl2O2/c11-6-4-7(12)10(14)5-2-1-3-8(13)9(5)6/h1-4,13-14H. The molecule has 2 aromatic rings. The van der Waals surface area contributed by atoms with E-state index in [0.29, 0.717) is 15.8 Å². The zero-order valence-corrected chi connectivity index (χ0v) is 8.47. The minimum Gasteiger partial charge on any atom is -0.507 e. The monoisotopic (exact) mass is 228 g/mol. The first-order valence-corrected chi connectivity index (χ1v) is 4.65. The highest BCUT2D eigenvalue weighted by Crippen LogP contribution is 2.40. The highest BCUT2D eigenvalue weighted by atomic mass is 35.5. The van der Waals surface area contributed by atoms with Crippen LogP contribution in [0.1, 0.15) is 0 Å². The number of phenolic OH excluding ortho intramolecular Hbond substituents is 2. The molecule has 0 aliphatic carbocycles. The van der Waals surface area contributed by atoms with Crippen molar-refractivity contribution in [3.05, 3.63) is 34.3 Å². The SMILES string of the molecule is Oc1c(Cl)cc(Cl)c2c(O)cccc12. The minimum atomic E-state index is -0.0676. The van der Waals surface area contributed by atoms with Gasteiger partial charge in [0.1, 0.15) is 11.5 Å². The minimum absolute atomic E-state index is 0.0273. The van der Waals surface area contributed by atoms with Crippen molar-refractivity contribution in [2.45, 2.75) is 0 Å². The normalized spacial score (nSPS) is 10.7. The Balaban J connectivity index is 3.02. The number of benzene rings is 2. The van der Waals surface area contributed by atoms with Gasteiger partial charge in [-0.1, -0.05) is 35.3 Å². The maximum atomic E-state index is 9.61. The number of halogens is 2. The van der Waals surface area contributed by atoms with Gasteiger partial charge in [0.05, 0.1) is 10.0 Å². The van der Waals surface area contributed by atoms with Crippen molar-refractivity contribution in [1.29, 1.82) is 0 Å². The van der Waals surface area contributed by atoms with Gasteiger partial charge in [-0.25, -0.2) is 0 Å². The van der Waals surface area contributed by atoms with Gasteiger partial charge in [0, 0.05) is 10.8 Å². The molecule has 0 aromatic heterocycles. The van der Waals surface area contributed by atoms with E-state index in [0.717, 1.165) is 0 Å². The van der Waals surface area contributed by atoms with Gasteiger partial charge < -0.3 is 10.2 Å². The fourth-order valence-corrected chi connectivity index (χ4v) is 1.94. The average molecular weight is 229 g/mol. The smallest absolute Gasteiger partial charge is 0.142 e. The second kappa shape index (κ2) is 3.23. The van der Waals surface area contributed by atoms with Gasteiger partial charge in [-0.15, -0.1) is 0 Å². The maximum Gasteiger partial charge on any atom is 0.142 e. The van der Waals surface area contributed by atoms with Crippen LogP contribution in [0, 0.1) is 0 Å². The Morgan fingerprint density at radius 1 is 1.00 bits per heavy atom. The predicted molar refractivity (Wildman–Crippen MR) is 57.3 cm³/mol. The first-order chi connectivity index (χ1) is 6.61. The molecule has 0 atom stereocenters. The van der Waals surface area contributed by atoms with Gasteiger partial charge >= 0.3 is 0 Å². The summed E-state index contributed by atoms with van der Waals surface area (Å²) >= 11 is 11.6. The molecule has 2 aromatic carbocycles. The molecule has 0 bridgehead atoms. The third-order valence-electron chi connectivity index (χ3n) is 2.02. The Bertz CT molecular complexity index is 509. The van der Waals surface area contributed by atoms with Crippen LogP contribution in [0.25, 0.3) is 10.8 Å². The van der Waals surface area contributed by atoms with Gasteiger partial charge in [0.25, 0.3) is 0 Å². The van der Waals surface area contributed by atoms with Crippen molar-refractivity contribution in [1.82, 2.24) is 0 Å². The molecule has 0 amide bonds. The number of hydrogen-bond acceptors (Lipinski definition) is 2. The average Bonchev–Trinajstić information content (AvgIpc) is 2.14. The Hall–Kier alpha value is -1.12. The van der Waals surface area contributed by atoms with Gasteiger partial charge in [0.15, 0.2) is 0 Å². The lowest BCUT2D eigenvalue weighted by atomic mass is 10.1. The van der Waals surface area contributed by atoms with Crippen LogP contribution in [0.15, 0.2) is 24.3 Å². The van der Waals surface area contributed by atoms with Crippen LogP contribution in [0.2, 0.25) is 10.0 Å². The second-order valence-electron chi connectivity index (χ2n) is 2.89. The highest BCUT2D eigenvalue weighted by Gasteiger charge is 2.11. The third kappa shape index (κ3) is 1.27. The molecule has 14 heavy (non-hydrogen) atoms. The van der Waals surface area contributed by atoms with Crippen LogP contribution in [0.5, 0.6) is 11.5 Å². The lowest BCUT2D eigenvalue weighted by Crippen LogP contribution is -1.78. The Kier molecular flexibility index (Phi) is 2.17. The summed E-state index contributed by atoms with van der Waals surface area (Å²) < 4.78 is 0. The summed E-state index contributed by atoms with van der Waals surface area (Å²) in [6.07, 6.45) is 0.